The van der Waals surface area contributed by atoms with Crippen molar-refractivity contribution in [3.63, 3.8) is 0 Å². The van der Waals surface area contributed by atoms with Gasteiger partial charge < -0.3 is 14.9 Å². The fourth-order valence-corrected chi connectivity index (χ4v) is 4.77. The van der Waals surface area contributed by atoms with E-state index in [0.29, 0.717) is 25.2 Å². The van der Waals surface area contributed by atoms with Gasteiger partial charge in [-0.25, -0.2) is 4.79 Å². The summed E-state index contributed by atoms with van der Waals surface area (Å²) in [4.78, 5) is 40.7. The van der Waals surface area contributed by atoms with Gasteiger partial charge in [0.25, 0.3) is 0 Å². The Morgan fingerprint density at radius 2 is 1.96 bits per heavy atom. The Labute approximate surface area is 136 Å². The van der Waals surface area contributed by atoms with Gasteiger partial charge in [-0.05, 0) is 38.5 Å². The number of hydrogen-bond acceptors (Lipinski definition) is 3. The van der Waals surface area contributed by atoms with E-state index in [1.165, 1.54) is 4.90 Å². The van der Waals surface area contributed by atoms with Crippen molar-refractivity contribution in [2.45, 2.75) is 83.0 Å². The van der Waals surface area contributed by atoms with E-state index in [1.54, 1.807) is 11.8 Å². The van der Waals surface area contributed by atoms with E-state index in [4.69, 9.17) is 0 Å². The first kappa shape index (κ1) is 16.3. The van der Waals surface area contributed by atoms with Crippen molar-refractivity contribution < 1.29 is 19.5 Å². The molecule has 0 aromatic heterocycles. The lowest BCUT2D eigenvalue weighted by Gasteiger charge is -2.45. The molecular formula is C17H26N2O4. The number of carboxylic acids is 1. The van der Waals surface area contributed by atoms with Crippen molar-refractivity contribution in [2.24, 2.45) is 5.92 Å². The lowest BCUT2D eigenvalue weighted by Crippen LogP contribution is -2.66. The molecule has 2 aliphatic heterocycles. The number of carbonyl (C=O) groups excluding carboxylic acids is 2. The second-order valence-corrected chi connectivity index (χ2v) is 7.17. The van der Waals surface area contributed by atoms with E-state index >= 15 is 0 Å². The molecule has 5 atom stereocenters. The van der Waals surface area contributed by atoms with Gasteiger partial charge in [-0.15, -0.1) is 0 Å². The summed E-state index contributed by atoms with van der Waals surface area (Å²) < 4.78 is 0. The van der Waals surface area contributed by atoms with E-state index in [-0.39, 0.29) is 17.9 Å². The topological polar surface area (TPSA) is 77.9 Å². The van der Waals surface area contributed by atoms with E-state index in [2.05, 4.69) is 0 Å². The van der Waals surface area contributed by atoms with Crippen LogP contribution in [0.25, 0.3) is 0 Å². The zero-order chi connectivity index (χ0) is 16.7. The number of amides is 2. The van der Waals surface area contributed by atoms with Crippen LogP contribution >= 0.6 is 0 Å². The van der Waals surface area contributed by atoms with Gasteiger partial charge >= 0.3 is 5.97 Å². The molecule has 2 heterocycles. The fourth-order valence-electron chi connectivity index (χ4n) is 4.77. The first-order valence-electron chi connectivity index (χ1n) is 8.84. The monoisotopic (exact) mass is 322 g/mol. The quantitative estimate of drug-likeness (QED) is 0.853. The first-order chi connectivity index (χ1) is 11.0. The number of fused-ring (bicyclic) bond motifs is 3. The van der Waals surface area contributed by atoms with Gasteiger partial charge in [0.15, 0.2) is 0 Å². The SMILES string of the molecule is CCC[C@@H](C(=O)O)N1C(=O)[C@H]2C[C@H]3CCCC[C@H]3N2C(=O)[C@@H]1C. The molecule has 6 nitrogen and oxygen atoms in total. The van der Waals surface area contributed by atoms with Gasteiger partial charge in [0.2, 0.25) is 11.8 Å². The number of piperazine rings is 1. The van der Waals surface area contributed by atoms with Crippen molar-refractivity contribution >= 4 is 17.8 Å². The molecule has 0 unspecified atom stereocenters. The smallest absolute Gasteiger partial charge is 0.326 e. The predicted molar refractivity (Wildman–Crippen MR) is 83.6 cm³/mol. The zero-order valence-corrected chi connectivity index (χ0v) is 13.9. The van der Waals surface area contributed by atoms with Crippen molar-refractivity contribution in [1.29, 1.82) is 0 Å². The van der Waals surface area contributed by atoms with Crippen LogP contribution in [-0.2, 0) is 14.4 Å². The normalized spacial score (nSPS) is 35.0. The zero-order valence-electron chi connectivity index (χ0n) is 13.9. The van der Waals surface area contributed by atoms with Crippen LogP contribution in [0, 0.1) is 5.92 Å². The molecule has 1 saturated carbocycles. The van der Waals surface area contributed by atoms with Crippen LogP contribution in [0.1, 0.15) is 58.8 Å². The van der Waals surface area contributed by atoms with Gasteiger partial charge in [-0.1, -0.05) is 26.2 Å². The Bertz CT molecular complexity index is 521. The minimum absolute atomic E-state index is 0.0636. The van der Waals surface area contributed by atoms with Gasteiger partial charge in [-0.3, -0.25) is 9.59 Å². The molecule has 2 saturated heterocycles. The maximum atomic E-state index is 13.0. The van der Waals surface area contributed by atoms with Crippen molar-refractivity contribution in [1.82, 2.24) is 9.80 Å². The van der Waals surface area contributed by atoms with Crippen molar-refractivity contribution in [3.8, 4) is 0 Å². The van der Waals surface area contributed by atoms with Crippen LogP contribution in [0.3, 0.4) is 0 Å². The van der Waals surface area contributed by atoms with E-state index in [9.17, 15) is 19.5 Å². The summed E-state index contributed by atoms with van der Waals surface area (Å²) in [5, 5.41) is 9.51. The molecule has 1 aliphatic carbocycles. The highest BCUT2D eigenvalue weighted by Gasteiger charge is 2.55. The Balaban J connectivity index is 1.90. The van der Waals surface area contributed by atoms with Gasteiger partial charge in [0.1, 0.15) is 18.1 Å². The molecule has 23 heavy (non-hydrogen) atoms. The molecule has 3 fully saturated rings. The molecule has 0 spiro atoms. The summed E-state index contributed by atoms with van der Waals surface area (Å²) in [6.45, 7) is 3.57. The third kappa shape index (κ3) is 2.52. The summed E-state index contributed by atoms with van der Waals surface area (Å²) in [7, 11) is 0. The van der Waals surface area contributed by atoms with E-state index in [1.807, 2.05) is 6.92 Å². The second kappa shape index (κ2) is 6.13. The molecule has 0 aromatic carbocycles. The van der Waals surface area contributed by atoms with E-state index < -0.39 is 24.1 Å². The highest BCUT2D eigenvalue weighted by molar-refractivity contribution is 5.99. The van der Waals surface area contributed by atoms with Crippen LogP contribution < -0.4 is 0 Å². The molecule has 2 amide bonds. The molecule has 0 aromatic rings. The summed E-state index contributed by atoms with van der Waals surface area (Å²) in [6, 6.07) is -1.82. The highest BCUT2D eigenvalue weighted by Crippen LogP contribution is 2.43. The maximum Gasteiger partial charge on any atom is 0.326 e. The molecule has 0 bridgehead atoms. The van der Waals surface area contributed by atoms with Crippen LogP contribution in [0.4, 0.5) is 0 Å². The molecule has 1 N–H and O–H groups in total. The Kier molecular flexibility index (Phi) is 4.34. The highest BCUT2D eigenvalue weighted by atomic mass is 16.4. The van der Waals surface area contributed by atoms with Gasteiger partial charge in [0, 0.05) is 6.04 Å². The lowest BCUT2D eigenvalue weighted by atomic mass is 9.85. The molecule has 6 heteroatoms. The summed E-state index contributed by atoms with van der Waals surface area (Å²) in [5.41, 5.74) is 0. The Hall–Kier alpha value is -1.59. The number of carbonyl (C=O) groups is 3. The molecule has 0 radical (unpaired) electrons. The number of aliphatic carboxylic acids is 1. The van der Waals surface area contributed by atoms with Crippen LogP contribution in [0.5, 0.6) is 0 Å². The van der Waals surface area contributed by atoms with Crippen molar-refractivity contribution in [2.75, 3.05) is 0 Å². The Morgan fingerprint density at radius 3 is 2.61 bits per heavy atom. The fraction of sp³-hybridized carbons (Fsp3) is 0.824. The average Bonchev–Trinajstić information content (AvgIpc) is 2.91. The minimum Gasteiger partial charge on any atom is -0.480 e. The van der Waals surface area contributed by atoms with Crippen LogP contribution in [-0.4, -0.2) is 56.9 Å². The average molecular weight is 322 g/mol. The first-order valence-corrected chi connectivity index (χ1v) is 8.84. The number of rotatable bonds is 4. The minimum atomic E-state index is -1.01. The largest absolute Gasteiger partial charge is 0.480 e. The molecule has 3 rings (SSSR count). The van der Waals surface area contributed by atoms with Crippen LogP contribution in [0.15, 0.2) is 0 Å². The van der Waals surface area contributed by atoms with Crippen molar-refractivity contribution in [3.05, 3.63) is 0 Å². The maximum absolute atomic E-state index is 13.0. The molecule has 3 aliphatic rings. The van der Waals surface area contributed by atoms with Gasteiger partial charge in [-0.2, -0.15) is 0 Å². The standard InChI is InChI=1S/C17H26N2O4/c1-3-6-13(17(22)23)18-10(2)15(20)19-12-8-5-4-7-11(12)9-14(19)16(18)21/h10-14H,3-9H2,1-2H3,(H,22,23)/t10-,11+,12+,13-,14+/m0/s1. The summed E-state index contributed by atoms with van der Waals surface area (Å²) in [6.07, 6.45) is 6.08. The summed E-state index contributed by atoms with van der Waals surface area (Å²) in [5.74, 6) is -0.828. The third-order valence-electron chi connectivity index (χ3n) is 5.84. The summed E-state index contributed by atoms with van der Waals surface area (Å²) >= 11 is 0. The van der Waals surface area contributed by atoms with E-state index in [0.717, 1.165) is 25.7 Å². The Morgan fingerprint density at radius 1 is 1.26 bits per heavy atom. The molecule has 128 valence electrons. The van der Waals surface area contributed by atoms with Crippen LogP contribution in [0.2, 0.25) is 0 Å². The number of nitrogens with zero attached hydrogens (tertiary/aromatic N) is 2. The molecular weight excluding hydrogens is 296 g/mol. The van der Waals surface area contributed by atoms with Gasteiger partial charge in [0.05, 0.1) is 0 Å². The lowest BCUT2D eigenvalue weighted by molar-refractivity contribution is -0.168. The predicted octanol–water partition coefficient (Wildman–Crippen LogP) is 1.63. The number of carboxylic acid groups (broad SMARTS) is 1. The third-order valence-corrected chi connectivity index (χ3v) is 5.84. The number of hydrogen-bond donors (Lipinski definition) is 1. The second-order valence-electron chi connectivity index (χ2n) is 7.17.